The highest BCUT2D eigenvalue weighted by Crippen LogP contribution is 2.36. The molecule has 0 unspecified atom stereocenters. The minimum absolute atomic E-state index is 0.0869. The van der Waals surface area contributed by atoms with Gasteiger partial charge in [0.2, 0.25) is 0 Å². The lowest BCUT2D eigenvalue weighted by Crippen LogP contribution is -2.04. The Morgan fingerprint density at radius 3 is 2.45 bits per heavy atom. The standard InChI is InChI=1S/C14H10ClF3OS/c15-12-7-10(14(16,17)18)4-5-13(12)19-11-3-1-2-9(6-11)8-20/h1-7,20H,8H2. The zero-order valence-electron chi connectivity index (χ0n) is 10.1. The molecule has 0 heterocycles. The van der Waals surface area contributed by atoms with Crippen LogP contribution in [-0.4, -0.2) is 0 Å². The van der Waals surface area contributed by atoms with E-state index in [1.54, 1.807) is 18.2 Å². The van der Waals surface area contributed by atoms with Crippen molar-refractivity contribution in [1.29, 1.82) is 0 Å². The van der Waals surface area contributed by atoms with Gasteiger partial charge in [-0.15, -0.1) is 0 Å². The van der Waals surface area contributed by atoms with E-state index in [9.17, 15) is 13.2 Å². The minimum atomic E-state index is -4.42. The summed E-state index contributed by atoms with van der Waals surface area (Å²) in [6, 6.07) is 10.1. The molecule has 6 heteroatoms. The van der Waals surface area contributed by atoms with E-state index >= 15 is 0 Å². The van der Waals surface area contributed by atoms with E-state index in [-0.39, 0.29) is 10.8 Å². The van der Waals surface area contributed by atoms with Gasteiger partial charge >= 0.3 is 6.18 Å². The third-order valence-corrected chi connectivity index (χ3v) is 3.23. The van der Waals surface area contributed by atoms with Crippen molar-refractivity contribution in [2.45, 2.75) is 11.9 Å². The van der Waals surface area contributed by atoms with Gasteiger partial charge in [-0.3, -0.25) is 0 Å². The molecule has 2 rings (SSSR count). The van der Waals surface area contributed by atoms with Crippen LogP contribution in [-0.2, 0) is 11.9 Å². The average molecular weight is 319 g/mol. The van der Waals surface area contributed by atoms with Crippen molar-refractivity contribution >= 4 is 24.2 Å². The Labute approximate surface area is 124 Å². The Kier molecular flexibility index (Phi) is 4.50. The van der Waals surface area contributed by atoms with E-state index in [1.807, 2.05) is 6.07 Å². The molecule has 0 bridgehead atoms. The van der Waals surface area contributed by atoms with Gasteiger partial charge in [0, 0.05) is 5.75 Å². The zero-order valence-corrected chi connectivity index (χ0v) is 11.8. The first-order valence-electron chi connectivity index (χ1n) is 5.64. The molecule has 0 aliphatic carbocycles. The van der Waals surface area contributed by atoms with E-state index in [0.717, 1.165) is 17.7 Å². The molecular weight excluding hydrogens is 309 g/mol. The molecule has 0 radical (unpaired) electrons. The molecule has 0 aliphatic rings. The van der Waals surface area contributed by atoms with Crippen molar-refractivity contribution in [2.75, 3.05) is 0 Å². The number of benzene rings is 2. The second-order valence-electron chi connectivity index (χ2n) is 4.05. The van der Waals surface area contributed by atoms with E-state index in [2.05, 4.69) is 12.6 Å². The summed E-state index contributed by atoms with van der Waals surface area (Å²) in [6.45, 7) is 0. The van der Waals surface area contributed by atoms with Gasteiger partial charge in [0.1, 0.15) is 11.5 Å². The molecule has 0 aliphatic heterocycles. The fourth-order valence-corrected chi connectivity index (χ4v) is 2.01. The molecule has 0 spiro atoms. The van der Waals surface area contributed by atoms with E-state index in [0.29, 0.717) is 11.5 Å². The Balaban J connectivity index is 2.25. The summed E-state index contributed by atoms with van der Waals surface area (Å²) in [7, 11) is 0. The molecule has 0 N–H and O–H groups in total. The third-order valence-electron chi connectivity index (χ3n) is 2.57. The normalized spacial score (nSPS) is 11.4. The smallest absolute Gasteiger partial charge is 0.416 e. The summed E-state index contributed by atoms with van der Waals surface area (Å²) in [4.78, 5) is 0. The summed E-state index contributed by atoms with van der Waals surface area (Å²) in [6.07, 6.45) is -4.42. The quantitative estimate of drug-likeness (QED) is 0.727. The maximum Gasteiger partial charge on any atom is 0.416 e. The Hall–Kier alpha value is -1.33. The second-order valence-corrected chi connectivity index (χ2v) is 4.77. The predicted molar refractivity (Wildman–Crippen MR) is 75.7 cm³/mol. The van der Waals surface area contributed by atoms with Crippen LogP contribution < -0.4 is 4.74 Å². The molecule has 0 saturated carbocycles. The van der Waals surface area contributed by atoms with Crippen LogP contribution >= 0.6 is 24.2 Å². The Morgan fingerprint density at radius 2 is 1.85 bits per heavy atom. The van der Waals surface area contributed by atoms with Gasteiger partial charge in [-0.2, -0.15) is 25.8 Å². The molecule has 1 nitrogen and oxygen atoms in total. The third kappa shape index (κ3) is 3.61. The first-order valence-corrected chi connectivity index (χ1v) is 6.65. The molecule has 106 valence electrons. The van der Waals surface area contributed by atoms with Crippen molar-refractivity contribution < 1.29 is 17.9 Å². The number of rotatable bonds is 3. The highest BCUT2D eigenvalue weighted by atomic mass is 35.5. The lowest BCUT2D eigenvalue weighted by atomic mass is 10.2. The predicted octanol–water partition coefficient (Wildman–Crippen LogP) is 5.58. The number of hydrogen-bond donors (Lipinski definition) is 1. The average Bonchev–Trinajstić information content (AvgIpc) is 2.40. The van der Waals surface area contributed by atoms with Gasteiger partial charge in [0.05, 0.1) is 10.6 Å². The summed E-state index contributed by atoms with van der Waals surface area (Å²) in [5.74, 6) is 1.21. The van der Waals surface area contributed by atoms with Crippen molar-refractivity contribution in [3.8, 4) is 11.5 Å². The van der Waals surface area contributed by atoms with E-state index < -0.39 is 11.7 Å². The number of thiol groups is 1. The summed E-state index contributed by atoms with van der Waals surface area (Å²) in [5, 5.41) is -0.0869. The topological polar surface area (TPSA) is 9.23 Å². The summed E-state index contributed by atoms with van der Waals surface area (Å²) in [5.41, 5.74) is 0.132. The lowest BCUT2D eigenvalue weighted by molar-refractivity contribution is -0.137. The molecular formula is C14H10ClF3OS. The second kappa shape index (κ2) is 5.97. The van der Waals surface area contributed by atoms with Crippen molar-refractivity contribution in [2.24, 2.45) is 0 Å². The van der Waals surface area contributed by atoms with Crippen LogP contribution in [0.3, 0.4) is 0 Å². The Bertz CT molecular complexity index is 614. The SMILES string of the molecule is FC(F)(F)c1ccc(Oc2cccc(CS)c2)c(Cl)c1. The van der Waals surface area contributed by atoms with Crippen LogP contribution in [0.2, 0.25) is 5.02 Å². The number of halogens is 4. The van der Waals surface area contributed by atoms with Gasteiger partial charge in [-0.1, -0.05) is 23.7 Å². The van der Waals surface area contributed by atoms with Gasteiger partial charge in [-0.25, -0.2) is 0 Å². The van der Waals surface area contributed by atoms with Crippen molar-refractivity contribution in [3.63, 3.8) is 0 Å². The molecule has 0 saturated heterocycles. The summed E-state index contributed by atoms with van der Waals surface area (Å²) < 4.78 is 43.0. The monoisotopic (exact) mass is 318 g/mol. The highest BCUT2D eigenvalue weighted by Gasteiger charge is 2.31. The molecule has 0 atom stereocenters. The van der Waals surface area contributed by atoms with Crippen LogP contribution in [0.4, 0.5) is 13.2 Å². The molecule has 0 fully saturated rings. The van der Waals surface area contributed by atoms with Gasteiger partial charge in [-0.05, 0) is 35.9 Å². The zero-order chi connectivity index (χ0) is 14.8. The fraction of sp³-hybridized carbons (Fsp3) is 0.143. The fourth-order valence-electron chi connectivity index (χ4n) is 1.59. The maximum absolute atomic E-state index is 12.5. The highest BCUT2D eigenvalue weighted by molar-refractivity contribution is 7.79. The van der Waals surface area contributed by atoms with E-state index in [4.69, 9.17) is 16.3 Å². The first kappa shape index (κ1) is 15.1. The van der Waals surface area contributed by atoms with Gasteiger partial charge < -0.3 is 4.74 Å². The maximum atomic E-state index is 12.5. The molecule has 2 aromatic rings. The van der Waals surface area contributed by atoms with Crippen LogP contribution in [0.1, 0.15) is 11.1 Å². The van der Waals surface area contributed by atoms with Crippen LogP contribution in [0.25, 0.3) is 0 Å². The summed E-state index contributed by atoms with van der Waals surface area (Å²) >= 11 is 9.96. The van der Waals surface area contributed by atoms with Gasteiger partial charge in [0.15, 0.2) is 0 Å². The van der Waals surface area contributed by atoms with Crippen molar-refractivity contribution in [3.05, 3.63) is 58.6 Å². The molecule has 2 aromatic carbocycles. The van der Waals surface area contributed by atoms with Crippen molar-refractivity contribution in [1.82, 2.24) is 0 Å². The van der Waals surface area contributed by atoms with Crippen LogP contribution in [0.5, 0.6) is 11.5 Å². The lowest BCUT2D eigenvalue weighted by Gasteiger charge is -2.11. The minimum Gasteiger partial charge on any atom is -0.456 e. The van der Waals surface area contributed by atoms with E-state index in [1.165, 1.54) is 6.07 Å². The number of ether oxygens (including phenoxy) is 1. The molecule has 20 heavy (non-hydrogen) atoms. The largest absolute Gasteiger partial charge is 0.456 e. The van der Waals surface area contributed by atoms with Crippen LogP contribution in [0.15, 0.2) is 42.5 Å². The number of alkyl halides is 3. The van der Waals surface area contributed by atoms with Crippen LogP contribution in [0, 0.1) is 0 Å². The Morgan fingerprint density at radius 1 is 1.10 bits per heavy atom. The first-order chi connectivity index (χ1) is 9.40. The molecule has 0 amide bonds. The van der Waals surface area contributed by atoms with Gasteiger partial charge in [0.25, 0.3) is 0 Å². The number of hydrogen-bond acceptors (Lipinski definition) is 2. The molecule has 0 aromatic heterocycles.